The normalized spacial score (nSPS) is 9.84. The number of aromatic nitrogens is 1. The van der Waals surface area contributed by atoms with Crippen molar-refractivity contribution >= 4 is 23.2 Å². The van der Waals surface area contributed by atoms with Crippen LogP contribution in [0.4, 0.5) is 10.1 Å². The predicted molar refractivity (Wildman–Crippen MR) is 96.0 cm³/mol. The number of anilines is 1. The Morgan fingerprint density at radius 2 is 1.84 bits per heavy atom. The van der Waals surface area contributed by atoms with Gasteiger partial charge in [-0.2, -0.15) is 0 Å². The van der Waals surface area contributed by atoms with Crippen LogP contribution in [0.1, 0.15) is 21.6 Å². The zero-order valence-electron chi connectivity index (χ0n) is 13.0. The molecule has 3 nitrogen and oxygen atoms in total. The van der Waals surface area contributed by atoms with Crippen molar-refractivity contribution in [2.75, 3.05) is 5.32 Å². The van der Waals surface area contributed by atoms with E-state index in [1.165, 1.54) is 24.3 Å². The van der Waals surface area contributed by atoms with Crippen LogP contribution < -0.4 is 5.32 Å². The molecule has 1 heterocycles. The first-order chi connectivity index (χ1) is 12.1. The highest BCUT2D eigenvalue weighted by molar-refractivity contribution is 6.34. The van der Waals surface area contributed by atoms with Gasteiger partial charge in [0.15, 0.2) is 0 Å². The Bertz CT molecular complexity index is 960. The number of hydrogen-bond donors (Lipinski definition) is 1. The van der Waals surface area contributed by atoms with Gasteiger partial charge in [-0.25, -0.2) is 9.37 Å². The molecule has 3 rings (SSSR count). The molecule has 5 heteroatoms. The lowest BCUT2D eigenvalue weighted by Crippen LogP contribution is -2.12. The molecule has 0 fully saturated rings. The average molecular weight is 351 g/mol. The molecule has 1 amide bonds. The number of hydrogen-bond acceptors (Lipinski definition) is 2. The highest BCUT2D eigenvalue weighted by Crippen LogP contribution is 2.19. The first-order valence-electron chi connectivity index (χ1n) is 7.41. The second kappa shape index (κ2) is 7.61. The highest BCUT2D eigenvalue weighted by Gasteiger charge is 2.11. The SMILES string of the molecule is O=C(Nc1ccc(F)cc1)c1cc(C#Cc2ccccn2)ccc1Cl. The quantitative estimate of drug-likeness (QED) is 0.690. The van der Waals surface area contributed by atoms with Crippen LogP contribution in [0.3, 0.4) is 0 Å². The standard InChI is InChI=1S/C20H12ClFN2O/c21-19-11-5-14(4-8-16-3-1-2-12-23-16)13-18(19)20(25)24-17-9-6-15(22)7-10-17/h1-3,5-7,9-13H,(H,24,25). The van der Waals surface area contributed by atoms with Gasteiger partial charge >= 0.3 is 0 Å². The van der Waals surface area contributed by atoms with Crippen LogP contribution in [0.5, 0.6) is 0 Å². The minimum atomic E-state index is -0.391. The van der Waals surface area contributed by atoms with Gasteiger partial charge in [-0.05, 0) is 60.5 Å². The summed E-state index contributed by atoms with van der Waals surface area (Å²) in [5.74, 6) is 5.12. The predicted octanol–water partition coefficient (Wildman–Crippen LogP) is 4.53. The van der Waals surface area contributed by atoms with Gasteiger partial charge in [0, 0.05) is 17.4 Å². The van der Waals surface area contributed by atoms with Gasteiger partial charge in [0.1, 0.15) is 11.5 Å². The van der Waals surface area contributed by atoms with Crippen molar-refractivity contribution in [1.82, 2.24) is 4.98 Å². The number of pyridine rings is 1. The molecule has 3 aromatic rings. The molecule has 0 saturated carbocycles. The molecular weight excluding hydrogens is 339 g/mol. The summed E-state index contributed by atoms with van der Waals surface area (Å²) in [7, 11) is 0. The Hall–Kier alpha value is -3.16. The molecule has 0 aliphatic rings. The lowest BCUT2D eigenvalue weighted by Gasteiger charge is -2.07. The molecule has 1 N–H and O–H groups in total. The van der Waals surface area contributed by atoms with Gasteiger partial charge in [0.2, 0.25) is 0 Å². The van der Waals surface area contributed by atoms with E-state index in [0.29, 0.717) is 27.5 Å². The maximum Gasteiger partial charge on any atom is 0.257 e. The van der Waals surface area contributed by atoms with Crippen molar-refractivity contribution in [2.24, 2.45) is 0 Å². The van der Waals surface area contributed by atoms with Crippen molar-refractivity contribution in [3.63, 3.8) is 0 Å². The Morgan fingerprint density at radius 3 is 2.56 bits per heavy atom. The van der Waals surface area contributed by atoms with Gasteiger partial charge in [0.25, 0.3) is 5.91 Å². The van der Waals surface area contributed by atoms with E-state index in [9.17, 15) is 9.18 Å². The molecule has 0 saturated heterocycles. The van der Waals surface area contributed by atoms with Gasteiger partial charge in [0.05, 0.1) is 10.6 Å². The van der Waals surface area contributed by atoms with E-state index in [1.54, 1.807) is 30.5 Å². The third-order valence-corrected chi connectivity index (χ3v) is 3.64. The number of rotatable bonds is 2. The fourth-order valence-corrected chi connectivity index (χ4v) is 2.28. The maximum absolute atomic E-state index is 12.9. The smallest absolute Gasteiger partial charge is 0.257 e. The third-order valence-electron chi connectivity index (χ3n) is 3.31. The van der Waals surface area contributed by atoms with Crippen LogP contribution >= 0.6 is 11.6 Å². The molecule has 0 bridgehead atoms. The zero-order chi connectivity index (χ0) is 17.6. The van der Waals surface area contributed by atoms with E-state index in [0.717, 1.165) is 0 Å². The Balaban J connectivity index is 1.83. The number of carbonyl (C=O) groups excluding carboxylic acids is 1. The van der Waals surface area contributed by atoms with Crippen LogP contribution in [-0.4, -0.2) is 10.9 Å². The summed E-state index contributed by atoms with van der Waals surface area (Å²) in [6.45, 7) is 0. The summed E-state index contributed by atoms with van der Waals surface area (Å²) in [5, 5.41) is 2.99. The van der Waals surface area contributed by atoms with Crippen molar-refractivity contribution in [1.29, 1.82) is 0 Å². The molecule has 0 spiro atoms. The fraction of sp³-hybridized carbons (Fsp3) is 0. The van der Waals surface area contributed by atoms with Gasteiger partial charge < -0.3 is 5.32 Å². The molecule has 0 unspecified atom stereocenters. The minimum Gasteiger partial charge on any atom is -0.322 e. The molecule has 0 aliphatic carbocycles. The number of nitrogens with one attached hydrogen (secondary N) is 1. The van der Waals surface area contributed by atoms with Gasteiger partial charge in [-0.1, -0.05) is 23.6 Å². The summed E-state index contributed by atoms with van der Waals surface area (Å²) in [6, 6.07) is 15.9. The Morgan fingerprint density at radius 1 is 1.04 bits per heavy atom. The average Bonchev–Trinajstić information content (AvgIpc) is 2.64. The highest BCUT2D eigenvalue weighted by atomic mass is 35.5. The second-order valence-corrected chi connectivity index (χ2v) is 5.53. The zero-order valence-corrected chi connectivity index (χ0v) is 13.7. The number of carbonyl (C=O) groups is 1. The molecule has 2 aromatic carbocycles. The Kier molecular flexibility index (Phi) is 5.08. The maximum atomic E-state index is 12.9. The molecule has 0 atom stereocenters. The van der Waals surface area contributed by atoms with Crippen molar-refractivity contribution in [2.45, 2.75) is 0 Å². The van der Waals surface area contributed by atoms with Crippen LogP contribution in [0.2, 0.25) is 5.02 Å². The van der Waals surface area contributed by atoms with E-state index >= 15 is 0 Å². The minimum absolute atomic E-state index is 0.291. The topological polar surface area (TPSA) is 42.0 Å². The summed E-state index contributed by atoms with van der Waals surface area (Å²) in [4.78, 5) is 16.5. The van der Waals surface area contributed by atoms with Crippen molar-refractivity contribution in [3.05, 3.63) is 94.5 Å². The monoisotopic (exact) mass is 350 g/mol. The molecule has 0 aliphatic heterocycles. The summed E-state index contributed by atoms with van der Waals surface area (Å²) >= 11 is 6.12. The van der Waals surface area contributed by atoms with Crippen LogP contribution in [0.15, 0.2) is 66.9 Å². The van der Waals surface area contributed by atoms with Crippen LogP contribution in [-0.2, 0) is 0 Å². The summed E-state index contributed by atoms with van der Waals surface area (Å²) in [5.41, 5.74) is 2.04. The third kappa shape index (κ3) is 4.43. The largest absolute Gasteiger partial charge is 0.322 e. The van der Waals surface area contributed by atoms with Crippen LogP contribution in [0, 0.1) is 17.7 Å². The fourth-order valence-electron chi connectivity index (χ4n) is 2.08. The van der Waals surface area contributed by atoms with E-state index in [1.807, 2.05) is 12.1 Å². The summed E-state index contributed by atoms with van der Waals surface area (Å²) < 4.78 is 12.9. The molecule has 0 radical (unpaired) electrons. The lowest BCUT2D eigenvalue weighted by atomic mass is 10.1. The van der Waals surface area contributed by atoms with Crippen LogP contribution in [0.25, 0.3) is 0 Å². The second-order valence-electron chi connectivity index (χ2n) is 5.12. The number of halogens is 2. The van der Waals surface area contributed by atoms with E-state index in [-0.39, 0.29) is 5.82 Å². The van der Waals surface area contributed by atoms with Gasteiger partial charge in [-0.15, -0.1) is 0 Å². The summed E-state index contributed by atoms with van der Waals surface area (Å²) in [6.07, 6.45) is 1.66. The first-order valence-corrected chi connectivity index (χ1v) is 7.79. The van der Waals surface area contributed by atoms with E-state index in [2.05, 4.69) is 22.1 Å². The number of nitrogens with zero attached hydrogens (tertiary/aromatic N) is 1. The van der Waals surface area contributed by atoms with E-state index < -0.39 is 5.91 Å². The molecular formula is C20H12ClFN2O. The van der Waals surface area contributed by atoms with E-state index in [4.69, 9.17) is 11.6 Å². The number of benzene rings is 2. The molecule has 1 aromatic heterocycles. The Labute approximate surface area is 149 Å². The molecule has 122 valence electrons. The lowest BCUT2D eigenvalue weighted by molar-refractivity contribution is 0.102. The van der Waals surface area contributed by atoms with Crippen molar-refractivity contribution in [3.8, 4) is 11.8 Å². The van der Waals surface area contributed by atoms with Crippen molar-refractivity contribution < 1.29 is 9.18 Å². The number of amides is 1. The first kappa shape index (κ1) is 16.7. The van der Waals surface area contributed by atoms with Gasteiger partial charge in [-0.3, -0.25) is 4.79 Å². The molecule has 25 heavy (non-hydrogen) atoms.